The fourth-order valence-electron chi connectivity index (χ4n) is 2.34. The molecule has 0 aromatic heterocycles. The lowest BCUT2D eigenvalue weighted by atomic mass is 10.2. The molecule has 0 radical (unpaired) electrons. The van der Waals surface area contributed by atoms with E-state index in [-0.39, 0.29) is 11.7 Å². The van der Waals surface area contributed by atoms with Crippen molar-refractivity contribution < 1.29 is 9.18 Å². The second-order valence-corrected chi connectivity index (χ2v) is 5.09. The molecule has 0 atom stereocenters. The van der Waals surface area contributed by atoms with E-state index in [1.165, 1.54) is 12.1 Å². The van der Waals surface area contributed by atoms with Crippen LogP contribution in [0.4, 0.5) is 10.1 Å². The second-order valence-electron chi connectivity index (χ2n) is 5.09. The van der Waals surface area contributed by atoms with Crippen LogP contribution in [0.15, 0.2) is 24.3 Å². The number of amides is 1. The van der Waals surface area contributed by atoms with Crippen molar-refractivity contribution in [1.29, 1.82) is 0 Å². The van der Waals surface area contributed by atoms with Gasteiger partial charge in [0.05, 0.1) is 6.54 Å². The molecule has 1 aromatic carbocycles. The molecule has 0 unspecified atom stereocenters. The summed E-state index contributed by atoms with van der Waals surface area (Å²) in [5.74, 6) is -0.109. The van der Waals surface area contributed by atoms with Crippen molar-refractivity contribution in [3.8, 4) is 0 Å². The van der Waals surface area contributed by atoms with E-state index in [0.29, 0.717) is 6.54 Å². The summed E-state index contributed by atoms with van der Waals surface area (Å²) >= 11 is 0. The van der Waals surface area contributed by atoms with Crippen LogP contribution >= 0.6 is 0 Å². The lowest BCUT2D eigenvalue weighted by Crippen LogP contribution is -2.49. The van der Waals surface area contributed by atoms with Gasteiger partial charge in [0, 0.05) is 38.4 Å². The highest BCUT2D eigenvalue weighted by molar-refractivity contribution is 5.78. The van der Waals surface area contributed by atoms with Crippen molar-refractivity contribution in [3.63, 3.8) is 0 Å². The molecule has 110 valence electrons. The Hall–Kier alpha value is -1.62. The number of rotatable bonds is 5. The summed E-state index contributed by atoms with van der Waals surface area (Å²) < 4.78 is 12.9. The van der Waals surface area contributed by atoms with Crippen molar-refractivity contribution in [2.24, 2.45) is 0 Å². The Kier molecular flexibility index (Phi) is 5.35. The molecule has 1 N–H and O–H groups in total. The predicted molar refractivity (Wildman–Crippen MR) is 78.4 cm³/mol. The quantitative estimate of drug-likeness (QED) is 0.886. The lowest BCUT2D eigenvalue weighted by molar-refractivity contribution is -0.122. The smallest absolute Gasteiger partial charge is 0.234 e. The van der Waals surface area contributed by atoms with E-state index < -0.39 is 0 Å². The summed E-state index contributed by atoms with van der Waals surface area (Å²) in [5, 5.41) is 2.89. The molecule has 20 heavy (non-hydrogen) atoms. The summed E-state index contributed by atoms with van der Waals surface area (Å²) in [6.45, 7) is 6.71. The van der Waals surface area contributed by atoms with Crippen molar-refractivity contribution in [1.82, 2.24) is 10.2 Å². The third-order valence-electron chi connectivity index (χ3n) is 3.50. The Morgan fingerprint density at radius 3 is 2.45 bits per heavy atom. The first-order chi connectivity index (χ1) is 9.69. The van der Waals surface area contributed by atoms with Gasteiger partial charge in [-0.3, -0.25) is 9.69 Å². The molecule has 1 amide bonds. The third-order valence-corrected chi connectivity index (χ3v) is 3.50. The molecule has 1 aliphatic heterocycles. The van der Waals surface area contributed by atoms with E-state index in [1.54, 1.807) is 12.1 Å². The SMILES string of the molecule is CCCNC(=O)CN1CCN(c2ccc(F)cc2)CC1. The molecule has 2 rings (SSSR count). The summed E-state index contributed by atoms with van der Waals surface area (Å²) in [7, 11) is 0. The molecule has 5 heteroatoms. The van der Waals surface area contributed by atoms with Crippen LogP contribution in [0.3, 0.4) is 0 Å². The maximum Gasteiger partial charge on any atom is 0.234 e. The average Bonchev–Trinajstić information content (AvgIpc) is 2.47. The molecule has 1 saturated heterocycles. The van der Waals surface area contributed by atoms with Crippen LogP contribution in [-0.2, 0) is 4.79 Å². The Morgan fingerprint density at radius 1 is 1.20 bits per heavy atom. The van der Waals surface area contributed by atoms with E-state index in [9.17, 15) is 9.18 Å². The van der Waals surface area contributed by atoms with Gasteiger partial charge in [0.1, 0.15) is 5.82 Å². The van der Waals surface area contributed by atoms with Gasteiger partial charge in [-0.25, -0.2) is 4.39 Å². The predicted octanol–water partition coefficient (Wildman–Crippen LogP) is 1.47. The van der Waals surface area contributed by atoms with Crippen LogP contribution in [0, 0.1) is 5.82 Å². The molecule has 0 saturated carbocycles. The van der Waals surface area contributed by atoms with Crippen LogP contribution in [0.5, 0.6) is 0 Å². The monoisotopic (exact) mass is 279 g/mol. The van der Waals surface area contributed by atoms with E-state index in [4.69, 9.17) is 0 Å². The number of benzene rings is 1. The zero-order valence-electron chi connectivity index (χ0n) is 11.9. The first kappa shape index (κ1) is 14.8. The average molecular weight is 279 g/mol. The van der Waals surface area contributed by atoms with Gasteiger partial charge in [-0.05, 0) is 30.7 Å². The first-order valence-corrected chi connectivity index (χ1v) is 7.18. The maximum absolute atomic E-state index is 12.9. The highest BCUT2D eigenvalue weighted by atomic mass is 19.1. The van der Waals surface area contributed by atoms with Crippen LogP contribution in [0.1, 0.15) is 13.3 Å². The van der Waals surface area contributed by atoms with E-state index >= 15 is 0 Å². The normalized spacial score (nSPS) is 16.2. The maximum atomic E-state index is 12.9. The molecule has 0 aliphatic carbocycles. The largest absolute Gasteiger partial charge is 0.369 e. The molecule has 0 spiro atoms. The van der Waals surface area contributed by atoms with Crippen molar-refractivity contribution >= 4 is 11.6 Å². The van der Waals surface area contributed by atoms with Crippen molar-refractivity contribution in [3.05, 3.63) is 30.1 Å². The van der Waals surface area contributed by atoms with Gasteiger partial charge >= 0.3 is 0 Å². The number of hydrogen-bond acceptors (Lipinski definition) is 3. The van der Waals surface area contributed by atoms with Gasteiger partial charge in [-0.1, -0.05) is 6.92 Å². The minimum atomic E-state index is -0.208. The zero-order chi connectivity index (χ0) is 14.4. The highest BCUT2D eigenvalue weighted by Crippen LogP contribution is 2.16. The molecule has 4 nitrogen and oxygen atoms in total. The number of hydrogen-bond donors (Lipinski definition) is 1. The second kappa shape index (κ2) is 7.24. The van der Waals surface area contributed by atoms with Crippen LogP contribution < -0.4 is 10.2 Å². The number of anilines is 1. The fourth-order valence-corrected chi connectivity index (χ4v) is 2.34. The molecule has 1 fully saturated rings. The number of carbonyl (C=O) groups excluding carboxylic acids is 1. The lowest BCUT2D eigenvalue weighted by Gasteiger charge is -2.35. The van der Waals surface area contributed by atoms with Gasteiger partial charge in [-0.2, -0.15) is 0 Å². The highest BCUT2D eigenvalue weighted by Gasteiger charge is 2.18. The Labute approximate surface area is 119 Å². The fraction of sp³-hybridized carbons (Fsp3) is 0.533. The van der Waals surface area contributed by atoms with Crippen LogP contribution in [0.2, 0.25) is 0 Å². The molecular formula is C15H22FN3O. The van der Waals surface area contributed by atoms with Gasteiger partial charge in [0.2, 0.25) is 5.91 Å². The van der Waals surface area contributed by atoms with Crippen molar-refractivity contribution in [2.75, 3.05) is 44.2 Å². The van der Waals surface area contributed by atoms with Crippen LogP contribution in [-0.4, -0.2) is 50.1 Å². The van der Waals surface area contributed by atoms with Gasteiger partial charge < -0.3 is 10.2 Å². The minimum Gasteiger partial charge on any atom is -0.369 e. The van der Waals surface area contributed by atoms with Crippen LogP contribution in [0.25, 0.3) is 0 Å². The molecule has 1 aromatic rings. The molecule has 1 heterocycles. The molecule has 1 aliphatic rings. The summed E-state index contributed by atoms with van der Waals surface area (Å²) in [5.41, 5.74) is 1.04. The number of nitrogens with one attached hydrogen (secondary N) is 1. The summed E-state index contributed by atoms with van der Waals surface area (Å²) in [4.78, 5) is 16.0. The van der Waals surface area contributed by atoms with E-state index in [1.807, 2.05) is 6.92 Å². The zero-order valence-corrected chi connectivity index (χ0v) is 11.9. The van der Waals surface area contributed by atoms with Gasteiger partial charge in [-0.15, -0.1) is 0 Å². The standard InChI is InChI=1S/C15H22FN3O/c1-2-7-17-15(20)12-18-8-10-19(11-9-18)14-5-3-13(16)4-6-14/h3-6H,2,7-12H2,1H3,(H,17,20). The summed E-state index contributed by atoms with van der Waals surface area (Å²) in [6.07, 6.45) is 0.962. The van der Waals surface area contributed by atoms with Gasteiger partial charge in [0.25, 0.3) is 0 Å². The number of carbonyl (C=O) groups is 1. The molecular weight excluding hydrogens is 257 g/mol. The number of nitrogens with zero attached hydrogens (tertiary/aromatic N) is 2. The first-order valence-electron chi connectivity index (χ1n) is 7.18. The minimum absolute atomic E-state index is 0.0992. The van der Waals surface area contributed by atoms with E-state index in [2.05, 4.69) is 15.1 Å². The van der Waals surface area contributed by atoms with E-state index in [0.717, 1.165) is 44.8 Å². The Bertz CT molecular complexity index is 427. The number of piperazine rings is 1. The summed E-state index contributed by atoms with van der Waals surface area (Å²) in [6, 6.07) is 6.58. The topological polar surface area (TPSA) is 35.6 Å². The van der Waals surface area contributed by atoms with Crippen molar-refractivity contribution in [2.45, 2.75) is 13.3 Å². The third kappa shape index (κ3) is 4.20. The Morgan fingerprint density at radius 2 is 1.85 bits per heavy atom. The Balaban J connectivity index is 1.77. The van der Waals surface area contributed by atoms with Gasteiger partial charge in [0.15, 0.2) is 0 Å². The number of halogens is 1. The molecule has 0 bridgehead atoms.